The molecule has 0 N–H and O–H groups in total. The van der Waals surface area contributed by atoms with Gasteiger partial charge in [-0.05, 0) is 26.7 Å². The number of hydrogen-bond donors (Lipinski definition) is 0. The lowest BCUT2D eigenvalue weighted by Gasteiger charge is -2.29. The highest BCUT2D eigenvalue weighted by Crippen LogP contribution is 2.46. The van der Waals surface area contributed by atoms with Crippen LogP contribution in [0.1, 0.15) is 68.2 Å². The fourth-order valence-electron chi connectivity index (χ4n) is 4.60. The Balaban J connectivity index is 0.000000237. The van der Waals surface area contributed by atoms with Gasteiger partial charge in [-0.25, -0.2) is 0 Å². The van der Waals surface area contributed by atoms with Gasteiger partial charge in [0.15, 0.2) is 18.2 Å². The normalized spacial score (nSPS) is 40.5. The van der Waals surface area contributed by atoms with E-state index in [0.29, 0.717) is 6.42 Å². The minimum absolute atomic E-state index is 0.0454. The number of terminal acetylenes is 2. The molecule has 0 amide bonds. The van der Waals surface area contributed by atoms with Crippen LogP contribution in [-0.2, 0) is 38.0 Å². The number of hydrogen-bond acceptors (Lipinski definition) is 8. The molecule has 33 heavy (non-hydrogen) atoms. The van der Waals surface area contributed by atoms with E-state index in [9.17, 15) is 9.59 Å². The first kappa shape index (κ1) is 27.1. The molecule has 0 aromatic heterocycles. The lowest BCUT2D eigenvalue weighted by Crippen LogP contribution is -2.37. The van der Waals surface area contributed by atoms with Gasteiger partial charge in [0.25, 0.3) is 0 Å². The van der Waals surface area contributed by atoms with Crippen molar-refractivity contribution in [2.24, 2.45) is 11.8 Å². The van der Waals surface area contributed by atoms with Crippen molar-refractivity contribution in [1.82, 2.24) is 0 Å². The lowest BCUT2D eigenvalue weighted by molar-refractivity contribution is -0.221. The van der Waals surface area contributed by atoms with Crippen LogP contribution in [-0.4, -0.2) is 53.7 Å². The second kappa shape index (κ2) is 10.0. The van der Waals surface area contributed by atoms with E-state index in [4.69, 9.17) is 41.3 Å². The molecule has 0 saturated carbocycles. The molecule has 0 bridgehead atoms. The SMILES string of the molecule is C#C[C@]1(CC)OC(OC(C)=O)[C@@H](OC(C)=O)C1C.C#C[C@]1(CC)O[C@@H]2OC(C)(C)O[C@H]2C1C. The van der Waals surface area contributed by atoms with Gasteiger partial charge in [-0.15, -0.1) is 12.8 Å². The van der Waals surface area contributed by atoms with Crippen LogP contribution >= 0.6 is 0 Å². The van der Waals surface area contributed by atoms with Crippen molar-refractivity contribution in [3.63, 3.8) is 0 Å². The van der Waals surface area contributed by atoms with Crippen LogP contribution in [0.25, 0.3) is 0 Å². The molecule has 3 heterocycles. The van der Waals surface area contributed by atoms with Crippen molar-refractivity contribution in [2.75, 3.05) is 0 Å². The number of carbonyl (C=O) groups excluding carboxylic acids is 2. The summed E-state index contributed by atoms with van der Waals surface area (Å²) in [6, 6.07) is 0. The molecule has 3 aliphatic heterocycles. The lowest BCUT2D eigenvalue weighted by atomic mass is 9.85. The summed E-state index contributed by atoms with van der Waals surface area (Å²) in [5, 5.41) is 0. The summed E-state index contributed by atoms with van der Waals surface area (Å²) in [7, 11) is 0. The summed E-state index contributed by atoms with van der Waals surface area (Å²) < 4.78 is 33.1. The van der Waals surface area contributed by atoms with E-state index in [1.54, 1.807) is 0 Å². The first-order valence-corrected chi connectivity index (χ1v) is 11.3. The molecule has 0 aromatic carbocycles. The van der Waals surface area contributed by atoms with Gasteiger partial charge in [-0.3, -0.25) is 9.59 Å². The van der Waals surface area contributed by atoms with Gasteiger partial charge >= 0.3 is 11.9 Å². The Morgan fingerprint density at radius 1 is 0.848 bits per heavy atom. The third-order valence-corrected chi connectivity index (χ3v) is 6.59. The third-order valence-electron chi connectivity index (χ3n) is 6.59. The summed E-state index contributed by atoms with van der Waals surface area (Å²) >= 11 is 0. The van der Waals surface area contributed by atoms with E-state index >= 15 is 0 Å². The Bertz CT molecular complexity index is 823. The van der Waals surface area contributed by atoms with E-state index in [2.05, 4.69) is 18.8 Å². The molecule has 3 saturated heterocycles. The van der Waals surface area contributed by atoms with Gasteiger partial charge in [0.2, 0.25) is 6.29 Å². The molecule has 3 rings (SSSR count). The fourth-order valence-corrected chi connectivity index (χ4v) is 4.60. The van der Waals surface area contributed by atoms with Gasteiger partial charge in [-0.2, -0.15) is 0 Å². The third kappa shape index (κ3) is 5.36. The van der Waals surface area contributed by atoms with Crippen LogP contribution < -0.4 is 0 Å². The van der Waals surface area contributed by atoms with Crippen LogP contribution in [0.5, 0.6) is 0 Å². The predicted molar refractivity (Wildman–Crippen MR) is 119 cm³/mol. The predicted octanol–water partition coefficient (Wildman–Crippen LogP) is 3.17. The monoisotopic (exact) mass is 464 g/mol. The highest BCUT2D eigenvalue weighted by Gasteiger charge is 2.58. The van der Waals surface area contributed by atoms with Gasteiger partial charge < -0.3 is 28.4 Å². The van der Waals surface area contributed by atoms with E-state index in [0.717, 1.165) is 6.42 Å². The van der Waals surface area contributed by atoms with Crippen molar-refractivity contribution in [3.8, 4) is 24.7 Å². The largest absolute Gasteiger partial charge is 0.455 e. The second-order valence-corrected chi connectivity index (χ2v) is 9.11. The molecule has 3 fully saturated rings. The Labute approximate surface area is 196 Å². The zero-order valence-corrected chi connectivity index (χ0v) is 20.8. The standard InChI is InChI=1S/C13H18O5.C12H18O3/c1-6-13(7-2)8(3)11(16-9(4)14)12(18-13)17-10(5)15;1-6-12(7-2)8(3)9-10(15-12)14-11(4,5)13-9/h1,8,11-12H,7H2,2-5H3;1,8-10H,7H2,2-5H3/t8?,11-,12?,13+;8?,9-,10-,12+/m00/s1. The van der Waals surface area contributed by atoms with E-state index < -0.39 is 41.3 Å². The maximum absolute atomic E-state index is 11.1. The summed E-state index contributed by atoms with van der Waals surface area (Å²) in [6.45, 7) is 14.1. The van der Waals surface area contributed by atoms with Crippen LogP contribution in [0.3, 0.4) is 0 Å². The Morgan fingerprint density at radius 2 is 1.36 bits per heavy atom. The van der Waals surface area contributed by atoms with E-state index in [1.165, 1.54) is 13.8 Å². The molecule has 8 atom stereocenters. The van der Waals surface area contributed by atoms with E-state index in [1.807, 2.05) is 34.6 Å². The average Bonchev–Trinajstić information content (AvgIpc) is 3.28. The zero-order valence-electron chi connectivity index (χ0n) is 20.8. The number of rotatable bonds is 4. The Hall–Kier alpha value is -2.10. The summed E-state index contributed by atoms with van der Waals surface area (Å²) in [4.78, 5) is 22.1. The number of esters is 2. The van der Waals surface area contributed by atoms with Crippen molar-refractivity contribution in [1.29, 1.82) is 0 Å². The topological polar surface area (TPSA) is 89.5 Å². The minimum atomic E-state index is -0.947. The minimum Gasteiger partial charge on any atom is -0.455 e. The summed E-state index contributed by atoms with van der Waals surface area (Å²) in [5.74, 6) is 3.72. The highest BCUT2D eigenvalue weighted by molar-refractivity contribution is 5.67. The maximum Gasteiger partial charge on any atom is 0.305 e. The molecular formula is C25H36O8. The quantitative estimate of drug-likeness (QED) is 0.463. The van der Waals surface area contributed by atoms with Crippen LogP contribution in [0.2, 0.25) is 0 Å². The van der Waals surface area contributed by atoms with Gasteiger partial charge in [0.05, 0.1) is 0 Å². The molecular weight excluding hydrogens is 428 g/mol. The molecule has 0 aliphatic carbocycles. The highest BCUT2D eigenvalue weighted by atomic mass is 16.8. The number of ether oxygens (including phenoxy) is 6. The molecule has 0 spiro atoms. The molecule has 3 aliphatic rings. The zero-order chi connectivity index (χ0) is 25.2. The maximum atomic E-state index is 11.1. The van der Waals surface area contributed by atoms with Gasteiger partial charge in [-0.1, -0.05) is 39.5 Å². The van der Waals surface area contributed by atoms with Crippen molar-refractivity contribution >= 4 is 11.9 Å². The van der Waals surface area contributed by atoms with Crippen molar-refractivity contribution in [3.05, 3.63) is 0 Å². The first-order chi connectivity index (χ1) is 15.3. The number of fused-ring (bicyclic) bond motifs is 1. The van der Waals surface area contributed by atoms with Crippen LogP contribution in [0.4, 0.5) is 0 Å². The molecule has 8 nitrogen and oxygen atoms in total. The molecule has 3 unspecified atom stereocenters. The molecule has 184 valence electrons. The smallest absolute Gasteiger partial charge is 0.305 e. The van der Waals surface area contributed by atoms with Gasteiger partial charge in [0.1, 0.15) is 17.3 Å². The van der Waals surface area contributed by atoms with Crippen molar-refractivity contribution in [2.45, 2.75) is 110 Å². The van der Waals surface area contributed by atoms with Crippen LogP contribution in [0.15, 0.2) is 0 Å². The van der Waals surface area contributed by atoms with Crippen LogP contribution in [0, 0.1) is 36.5 Å². The fraction of sp³-hybridized carbons (Fsp3) is 0.760. The molecule has 0 radical (unpaired) electrons. The number of carbonyl (C=O) groups is 2. The van der Waals surface area contributed by atoms with Crippen molar-refractivity contribution < 1.29 is 38.0 Å². The Morgan fingerprint density at radius 3 is 1.79 bits per heavy atom. The van der Waals surface area contributed by atoms with E-state index in [-0.39, 0.29) is 24.2 Å². The molecule has 8 heteroatoms. The Kier molecular flexibility index (Phi) is 8.25. The molecule has 0 aromatic rings. The average molecular weight is 465 g/mol. The first-order valence-electron chi connectivity index (χ1n) is 11.3. The van der Waals surface area contributed by atoms with Gasteiger partial charge in [0, 0.05) is 25.7 Å². The summed E-state index contributed by atoms with van der Waals surface area (Å²) in [5.41, 5.74) is -1.40. The summed E-state index contributed by atoms with van der Waals surface area (Å²) in [6.07, 6.45) is 10.4. The second-order valence-electron chi connectivity index (χ2n) is 9.11.